The predicted octanol–water partition coefficient (Wildman–Crippen LogP) is 3.94. The monoisotopic (exact) mass is 282 g/mol. The van der Waals surface area contributed by atoms with Gasteiger partial charge in [-0.05, 0) is 59.3 Å². The van der Waals surface area contributed by atoms with Crippen molar-refractivity contribution >= 4 is 11.6 Å². The molecule has 0 saturated heterocycles. The van der Waals surface area contributed by atoms with E-state index >= 15 is 0 Å². The van der Waals surface area contributed by atoms with Gasteiger partial charge in [0.05, 0.1) is 0 Å². The van der Waals surface area contributed by atoms with E-state index in [1.807, 2.05) is 18.2 Å². The minimum atomic E-state index is 0.195. The predicted molar refractivity (Wildman–Crippen MR) is 84.8 cm³/mol. The summed E-state index contributed by atoms with van der Waals surface area (Å²) in [5.41, 5.74) is 1.39. The molecule has 0 aromatic heterocycles. The average Bonchev–Trinajstić information content (AvgIpc) is 2.30. The SMILES string of the molecule is CC(CCNC(C)(C)C)N(C)Cc1ccccc1Cl. The first-order chi connectivity index (χ1) is 8.79. The molecule has 1 unspecified atom stereocenters. The van der Waals surface area contributed by atoms with E-state index in [9.17, 15) is 0 Å². The van der Waals surface area contributed by atoms with Gasteiger partial charge >= 0.3 is 0 Å². The molecular weight excluding hydrogens is 256 g/mol. The number of nitrogens with one attached hydrogen (secondary N) is 1. The number of halogens is 1. The molecule has 3 heteroatoms. The van der Waals surface area contributed by atoms with Gasteiger partial charge in [-0.2, -0.15) is 0 Å². The third kappa shape index (κ3) is 6.42. The second-order valence-electron chi connectivity index (χ2n) is 6.32. The Morgan fingerprint density at radius 2 is 1.89 bits per heavy atom. The molecule has 1 aromatic rings. The first-order valence-electron chi connectivity index (χ1n) is 6.98. The number of hydrogen-bond donors (Lipinski definition) is 1. The maximum absolute atomic E-state index is 6.20. The first-order valence-corrected chi connectivity index (χ1v) is 7.36. The highest BCUT2D eigenvalue weighted by molar-refractivity contribution is 6.31. The van der Waals surface area contributed by atoms with Crippen LogP contribution in [-0.4, -0.2) is 30.1 Å². The maximum Gasteiger partial charge on any atom is 0.0451 e. The molecule has 1 N–H and O–H groups in total. The quantitative estimate of drug-likeness (QED) is 0.850. The van der Waals surface area contributed by atoms with E-state index in [2.05, 4.69) is 51.0 Å². The van der Waals surface area contributed by atoms with Crippen LogP contribution in [0.1, 0.15) is 39.7 Å². The van der Waals surface area contributed by atoms with Crippen LogP contribution in [0.15, 0.2) is 24.3 Å². The lowest BCUT2D eigenvalue weighted by Crippen LogP contribution is -2.39. The molecule has 0 aliphatic heterocycles. The molecule has 1 rings (SSSR count). The van der Waals surface area contributed by atoms with Crippen molar-refractivity contribution in [2.75, 3.05) is 13.6 Å². The fraction of sp³-hybridized carbons (Fsp3) is 0.625. The lowest BCUT2D eigenvalue weighted by molar-refractivity contribution is 0.231. The second-order valence-corrected chi connectivity index (χ2v) is 6.73. The number of nitrogens with zero attached hydrogens (tertiary/aromatic N) is 1. The van der Waals surface area contributed by atoms with Crippen LogP contribution in [0.25, 0.3) is 0 Å². The Labute approximate surface area is 123 Å². The summed E-state index contributed by atoms with van der Waals surface area (Å²) in [7, 11) is 2.16. The van der Waals surface area contributed by atoms with E-state index in [0.29, 0.717) is 6.04 Å². The Balaban J connectivity index is 2.41. The molecule has 0 fully saturated rings. The van der Waals surface area contributed by atoms with E-state index < -0.39 is 0 Å². The third-order valence-electron chi connectivity index (χ3n) is 3.35. The van der Waals surface area contributed by atoms with Crippen LogP contribution in [0.3, 0.4) is 0 Å². The topological polar surface area (TPSA) is 15.3 Å². The summed E-state index contributed by atoms with van der Waals surface area (Å²) < 4.78 is 0. The van der Waals surface area contributed by atoms with Gasteiger partial charge in [0.2, 0.25) is 0 Å². The Morgan fingerprint density at radius 1 is 1.26 bits per heavy atom. The second kappa shape index (κ2) is 7.28. The zero-order chi connectivity index (χ0) is 14.5. The fourth-order valence-corrected chi connectivity index (χ4v) is 2.12. The van der Waals surface area contributed by atoms with E-state index in [4.69, 9.17) is 11.6 Å². The molecule has 0 amide bonds. The Kier molecular flexibility index (Phi) is 6.31. The van der Waals surface area contributed by atoms with Crippen molar-refractivity contribution in [3.63, 3.8) is 0 Å². The number of rotatable bonds is 6. The summed E-state index contributed by atoms with van der Waals surface area (Å²) >= 11 is 6.20. The van der Waals surface area contributed by atoms with Crippen molar-refractivity contribution in [3.8, 4) is 0 Å². The highest BCUT2D eigenvalue weighted by Crippen LogP contribution is 2.17. The van der Waals surface area contributed by atoms with E-state index in [1.165, 1.54) is 5.56 Å². The van der Waals surface area contributed by atoms with Crippen LogP contribution in [0, 0.1) is 0 Å². The van der Waals surface area contributed by atoms with Crippen LogP contribution in [0.4, 0.5) is 0 Å². The zero-order valence-electron chi connectivity index (χ0n) is 12.8. The Bertz CT molecular complexity index is 385. The molecule has 0 bridgehead atoms. The van der Waals surface area contributed by atoms with Gasteiger partial charge in [-0.15, -0.1) is 0 Å². The molecule has 0 heterocycles. The Hall–Kier alpha value is -0.570. The fourth-order valence-electron chi connectivity index (χ4n) is 1.93. The van der Waals surface area contributed by atoms with Gasteiger partial charge in [0.1, 0.15) is 0 Å². The molecule has 0 saturated carbocycles. The van der Waals surface area contributed by atoms with Crippen LogP contribution in [0.2, 0.25) is 5.02 Å². The van der Waals surface area contributed by atoms with Crippen LogP contribution in [-0.2, 0) is 6.54 Å². The third-order valence-corrected chi connectivity index (χ3v) is 3.72. The summed E-state index contributed by atoms with van der Waals surface area (Å²) in [4.78, 5) is 2.35. The molecule has 108 valence electrons. The molecule has 19 heavy (non-hydrogen) atoms. The number of benzene rings is 1. The summed E-state index contributed by atoms with van der Waals surface area (Å²) in [6.45, 7) is 10.8. The van der Waals surface area contributed by atoms with E-state index in [0.717, 1.165) is 24.5 Å². The average molecular weight is 283 g/mol. The first kappa shape index (κ1) is 16.5. The van der Waals surface area contributed by atoms with Gasteiger partial charge in [0.25, 0.3) is 0 Å². The molecule has 0 radical (unpaired) electrons. The summed E-state index contributed by atoms with van der Waals surface area (Å²) in [6, 6.07) is 8.60. The standard InChI is InChI=1S/C16H27ClN2/c1-13(10-11-18-16(2,3)4)19(5)12-14-8-6-7-9-15(14)17/h6-9,13,18H,10-12H2,1-5H3. The zero-order valence-corrected chi connectivity index (χ0v) is 13.6. The number of hydrogen-bond acceptors (Lipinski definition) is 2. The minimum absolute atomic E-state index is 0.195. The highest BCUT2D eigenvalue weighted by atomic mass is 35.5. The van der Waals surface area contributed by atoms with Gasteiger partial charge in [0.15, 0.2) is 0 Å². The lowest BCUT2D eigenvalue weighted by Gasteiger charge is -2.27. The molecule has 0 aliphatic rings. The van der Waals surface area contributed by atoms with Gasteiger partial charge < -0.3 is 5.32 Å². The van der Waals surface area contributed by atoms with Crippen molar-refractivity contribution in [1.29, 1.82) is 0 Å². The van der Waals surface area contributed by atoms with Gasteiger partial charge in [-0.25, -0.2) is 0 Å². The largest absolute Gasteiger partial charge is 0.312 e. The summed E-state index contributed by atoms with van der Waals surface area (Å²) in [6.07, 6.45) is 1.14. The van der Waals surface area contributed by atoms with Crippen LogP contribution >= 0.6 is 11.6 Å². The molecule has 1 atom stereocenters. The van der Waals surface area contributed by atoms with E-state index in [-0.39, 0.29) is 5.54 Å². The summed E-state index contributed by atoms with van der Waals surface area (Å²) in [5.74, 6) is 0. The molecule has 0 spiro atoms. The minimum Gasteiger partial charge on any atom is -0.312 e. The van der Waals surface area contributed by atoms with Crippen LogP contribution < -0.4 is 5.32 Å². The van der Waals surface area contributed by atoms with Crippen LogP contribution in [0.5, 0.6) is 0 Å². The van der Waals surface area contributed by atoms with Crippen molar-refractivity contribution in [1.82, 2.24) is 10.2 Å². The normalized spacial score (nSPS) is 13.8. The Morgan fingerprint density at radius 3 is 2.47 bits per heavy atom. The highest BCUT2D eigenvalue weighted by Gasteiger charge is 2.13. The van der Waals surface area contributed by atoms with Gasteiger partial charge in [-0.3, -0.25) is 4.90 Å². The molecule has 2 nitrogen and oxygen atoms in total. The van der Waals surface area contributed by atoms with Crippen molar-refractivity contribution in [2.24, 2.45) is 0 Å². The maximum atomic E-state index is 6.20. The van der Waals surface area contributed by atoms with Crippen molar-refractivity contribution in [2.45, 2.75) is 52.2 Å². The van der Waals surface area contributed by atoms with Gasteiger partial charge in [0, 0.05) is 23.1 Å². The van der Waals surface area contributed by atoms with Crippen molar-refractivity contribution in [3.05, 3.63) is 34.9 Å². The smallest absolute Gasteiger partial charge is 0.0451 e. The molecule has 1 aromatic carbocycles. The van der Waals surface area contributed by atoms with E-state index in [1.54, 1.807) is 0 Å². The lowest BCUT2D eigenvalue weighted by atomic mass is 10.1. The molecule has 0 aliphatic carbocycles. The van der Waals surface area contributed by atoms with Gasteiger partial charge in [-0.1, -0.05) is 29.8 Å². The van der Waals surface area contributed by atoms with Crippen molar-refractivity contribution < 1.29 is 0 Å². The summed E-state index contributed by atoms with van der Waals surface area (Å²) in [5, 5.41) is 4.39. The molecular formula is C16H27ClN2.